The summed E-state index contributed by atoms with van der Waals surface area (Å²) < 4.78 is 0. The van der Waals surface area contributed by atoms with Gasteiger partial charge in [0.1, 0.15) is 5.82 Å². The van der Waals surface area contributed by atoms with Crippen molar-refractivity contribution < 1.29 is 4.79 Å². The predicted octanol–water partition coefficient (Wildman–Crippen LogP) is 2.06. The third-order valence-electron chi connectivity index (χ3n) is 6.30. The van der Waals surface area contributed by atoms with Crippen LogP contribution in [0.3, 0.4) is 0 Å². The lowest BCUT2D eigenvalue weighted by Crippen LogP contribution is -2.51. The summed E-state index contributed by atoms with van der Waals surface area (Å²) in [6.45, 7) is 14.1. The van der Waals surface area contributed by atoms with Gasteiger partial charge in [0.05, 0.1) is 23.6 Å². The van der Waals surface area contributed by atoms with Crippen molar-refractivity contribution in [3.05, 3.63) is 17.6 Å². The quantitative estimate of drug-likeness (QED) is 0.861. The van der Waals surface area contributed by atoms with E-state index in [1.807, 2.05) is 20.0 Å². The fourth-order valence-corrected chi connectivity index (χ4v) is 4.07. The van der Waals surface area contributed by atoms with Gasteiger partial charge in [0, 0.05) is 24.4 Å². The van der Waals surface area contributed by atoms with Crippen LogP contribution in [0.25, 0.3) is 0 Å². The summed E-state index contributed by atoms with van der Waals surface area (Å²) in [7, 11) is 0. The van der Waals surface area contributed by atoms with Crippen molar-refractivity contribution in [1.82, 2.24) is 20.6 Å². The van der Waals surface area contributed by atoms with Crippen molar-refractivity contribution in [3.63, 3.8) is 0 Å². The van der Waals surface area contributed by atoms with Crippen LogP contribution in [0.15, 0.2) is 6.20 Å². The zero-order valence-electron chi connectivity index (χ0n) is 16.8. The lowest BCUT2D eigenvalue weighted by atomic mass is 9.79. The number of hydrogen-bond donors (Lipinski definition) is 2. The molecule has 0 aromatic carbocycles. The molecule has 3 heterocycles. The molecular formula is C20H33N5O. The molecule has 0 aliphatic carbocycles. The third-order valence-corrected chi connectivity index (χ3v) is 6.30. The van der Waals surface area contributed by atoms with E-state index in [2.05, 4.69) is 41.3 Å². The van der Waals surface area contributed by atoms with E-state index in [0.29, 0.717) is 11.8 Å². The van der Waals surface area contributed by atoms with E-state index in [1.54, 1.807) is 0 Å². The third kappa shape index (κ3) is 3.85. The first-order chi connectivity index (χ1) is 12.3. The van der Waals surface area contributed by atoms with Crippen LogP contribution in [0.4, 0.5) is 5.82 Å². The zero-order valence-corrected chi connectivity index (χ0v) is 16.8. The fraction of sp³-hybridized carbons (Fsp3) is 0.750. The maximum absolute atomic E-state index is 13.0. The number of aryl methyl sites for hydroxylation is 2. The largest absolute Gasteiger partial charge is 0.353 e. The molecule has 2 atom stereocenters. The number of aromatic nitrogens is 2. The molecule has 2 fully saturated rings. The van der Waals surface area contributed by atoms with Crippen LogP contribution < -0.4 is 15.5 Å². The Kier molecular flexibility index (Phi) is 5.51. The summed E-state index contributed by atoms with van der Waals surface area (Å²) >= 11 is 0. The average molecular weight is 360 g/mol. The molecule has 2 aliphatic rings. The Balaban J connectivity index is 1.73. The first-order valence-corrected chi connectivity index (χ1v) is 9.87. The SMILES string of the molecule is Cc1ncc(N2C[C@H](NC(=O)C3(C)CCNCC3)[C@@H](C(C)C)C2)nc1C. The van der Waals surface area contributed by atoms with Crippen LogP contribution in [0.1, 0.15) is 45.0 Å². The Labute approximate surface area is 157 Å². The monoisotopic (exact) mass is 359 g/mol. The van der Waals surface area contributed by atoms with Crippen molar-refractivity contribution in [2.75, 3.05) is 31.1 Å². The van der Waals surface area contributed by atoms with E-state index >= 15 is 0 Å². The Morgan fingerprint density at radius 3 is 2.58 bits per heavy atom. The minimum absolute atomic E-state index is 0.164. The first-order valence-electron chi connectivity index (χ1n) is 9.87. The molecule has 6 heteroatoms. The average Bonchev–Trinajstić information content (AvgIpc) is 3.02. The maximum atomic E-state index is 13.0. The lowest BCUT2D eigenvalue weighted by Gasteiger charge is -2.34. The van der Waals surface area contributed by atoms with Gasteiger partial charge in [-0.25, -0.2) is 4.98 Å². The van der Waals surface area contributed by atoms with Gasteiger partial charge in [-0.15, -0.1) is 0 Å². The van der Waals surface area contributed by atoms with Crippen LogP contribution in [0, 0.1) is 31.1 Å². The Morgan fingerprint density at radius 2 is 1.96 bits per heavy atom. The molecule has 2 aliphatic heterocycles. The molecule has 2 N–H and O–H groups in total. The Hall–Kier alpha value is -1.69. The molecule has 3 rings (SSSR count). The van der Waals surface area contributed by atoms with Gasteiger partial charge in [-0.05, 0) is 45.7 Å². The normalized spacial score (nSPS) is 25.5. The molecule has 0 bridgehead atoms. The standard InChI is InChI=1S/C20H33N5O/c1-13(2)16-11-25(18-10-22-14(3)15(4)23-18)12-17(16)24-19(26)20(5)6-8-21-9-7-20/h10,13,16-17,21H,6-9,11-12H2,1-5H3,(H,24,26)/t16-,17+/m1/s1. The van der Waals surface area contributed by atoms with E-state index < -0.39 is 0 Å². The molecule has 144 valence electrons. The van der Waals surface area contributed by atoms with Crippen molar-refractivity contribution in [1.29, 1.82) is 0 Å². The number of carbonyl (C=O) groups is 1. The highest BCUT2D eigenvalue weighted by Gasteiger charge is 2.41. The minimum Gasteiger partial charge on any atom is -0.353 e. The molecule has 1 aromatic rings. The second-order valence-corrected chi connectivity index (χ2v) is 8.60. The highest BCUT2D eigenvalue weighted by molar-refractivity contribution is 5.82. The van der Waals surface area contributed by atoms with Gasteiger partial charge in [0.15, 0.2) is 0 Å². The summed E-state index contributed by atoms with van der Waals surface area (Å²) in [5.74, 6) is 2.06. The molecule has 0 radical (unpaired) electrons. The topological polar surface area (TPSA) is 70.2 Å². The number of amides is 1. The molecule has 2 saturated heterocycles. The number of nitrogens with one attached hydrogen (secondary N) is 2. The van der Waals surface area contributed by atoms with Gasteiger partial charge in [-0.1, -0.05) is 20.8 Å². The molecular weight excluding hydrogens is 326 g/mol. The van der Waals surface area contributed by atoms with Crippen LogP contribution in [0.2, 0.25) is 0 Å². The second kappa shape index (κ2) is 7.51. The summed E-state index contributed by atoms with van der Waals surface area (Å²) in [4.78, 5) is 24.5. The first kappa shape index (κ1) is 19.1. The summed E-state index contributed by atoms with van der Waals surface area (Å²) in [6.07, 6.45) is 3.67. The molecule has 0 saturated carbocycles. The second-order valence-electron chi connectivity index (χ2n) is 8.60. The van der Waals surface area contributed by atoms with Crippen molar-refractivity contribution >= 4 is 11.7 Å². The van der Waals surface area contributed by atoms with E-state index in [9.17, 15) is 4.79 Å². The number of piperidine rings is 1. The summed E-state index contributed by atoms with van der Waals surface area (Å²) in [6, 6.07) is 0.164. The fourth-order valence-electron chi connectivity index (χ4n) is 4.07. The smallest absolute Gasteiger partial charge is 0.226 e. The van der Waals surface area contributed by atoms with E-state index in [-0.39, 0.29) is 17.4 Å². The van der Waals surface area contributed by atoms with Crippen LogP contribution >= 0.6 is 0 Å². The molecule has 0 unspecified atom stereocenters. The van der Waals surface area contributed by atoms with Crippen LogP contribution in [0.5, 0.6) is 0 Å². The van der Waals surface area contributed by atoms with E-state index in [0.717, 1.165) is 56.2 Å². The highest BCUT2D eigenvalue weighted by atomic mass is 16.2. The lowest BCUT2D eigenvalue weighted by molar-refractivity contribution is -0.132. The molecule has 1 amide bonds. The molecule has 6 nitrogen and oxygen atoms in total. The number of hydrogen-bond acceptors (Lipinski definition) is 5. The minimum atomic E-state index is -0.250. The molecule has 0 spiro atoms. The van der Waals surface area contributed by atoms with Crippen LogP contribution in [-0.4, -0.2) is 48.1 Å². The van der Waals surface area contributed by atoms with Crippen LogP contribution in [-0.2, 0) is 4.79 Å². The number of carbonyl (C=O) groups excluding carboxylic acids is 1. The zero-order chi connectivity index (χ0) is 18.9. The van der Waals surface area contributed by atoms with Gasteiger partial charge in [0.25, 0.3) is 0 Å². The van der Waals surface area contributed by atoms with Gasteiger partial charge < -0.3 is 15.5 Å². The van der Waals surface area contributed by atoms with Crippen molar-refractivity contribution in [3.8, 4) is 0 Å². The van der Waals surface area contributed by atoms with Crippen molar-refractivity contribution in [2.45, 2.75) is 53.5 Å². The van der Waals surface area contributed by atoms with Gasteiger partial charge in [-0.2, -0.15) is 0 Å². The highest BCUT2D eigenvalue weighted by Crippen LogP contribution is 2.31. The van der Waals surface area contributed by atoms with E-state index in [4.69, 9.17) is 4.98 Å². The Bertz CT molecular complexity index is 654. The van der Waals surface area contributed by atoms with Gasteiger partial charge in [0.2, 0.25) is 5.91 Å². The van der Waals surface area contributed by atoms with Crippen molar-refractivity contribution in [2.24, 2.45) is 17.3 Å². The molecule has 1 aromatic heterocycles. The summed E-state index contributed by atoms with van der Waals surface area (Å²) in [5, 5.41) is 6.74. The molecule has 26 heavy (non-hydrogen) atoms. The summed E-state index contributed by atoms with van der Waals surface area (Å²) in [5.41, 5.74) is 1.69. The van der Waals surface area contributed by atoms with E-state index in [1.165, 1.54) is 0 Å². The number of anilines is 1. The number of nitrogens with zero attached hydrogens (tertiary/aromatic N) is 3. The number of rotatable bonds is 4. The predicted molar refractivity (Wildman–Crippen MR) is 104 cm³/mol. The van der Waals surface area contributed by atoms with Gasteiger partial charge in [-0.3, -0.25) is 9.78 Å². The van der Waals surface area contributed by atoms with Gasteiger partial charge >= 0.3 is 0 Å². The maximum Gasteiger partial charge on any atom is 0.226 e. The Morgan fingerprint density at radius 1 is 1.27 bits per heavy atom.